The molecule has 2 aromatic carbocycles. The SMILES string of the molecule is O=C1c2cccc(CO)c2C(=O)c2c(O)c3c(c(O)c21)CCCC3. The highest BCUT2D eigenvalue weighted by atomic mass is 16.3. The van der Waals surface area contributed by atoms with Crippen molar-refractivity contribution in [3.63, 3.8) is 0 Å². The molecule has 5 heteroatoms. The summed E-state index contributed by atoms with van der Waals surface area (Å²) in [5.41, 5.74) is 1.50. The molecule has 0 bridgehead atoms. The van der Waals surface area contributed by atoms with E-state index in [-0.39, 0.29) is 40.4 Å². The van der Waals surface area contributed by atoms with Gasteiger partial charge in [0, 0.05) is 22.3 Å². The van der Waals surface area contributed by atoms with Crippen molar-refractivity contribution in [1.82, 2.24) is 0 Å². The number of fused-ring (bicyclic) bond motifs is 3. The minimum absolute atomic E-state index is 0.110. The molecular weight excluding hydrogens is 308 g/mol. The number of carbonyl (C=O) groups is 2. The standard InChI is InChI=1S/C19H16O5/c20-8-9-4-3-7-12-13(9)19(24)15-14(18(12)23)16(21)10-5-1-2-6-11(10)17(15)22/h3-4,7,20-22H,1-2,5-6,8H2. The summed E-state index contributed by atoms with van der Waals surface area (Å²) >= 11 is 0. The second-order valence-electron chi connectivity index (χ2n) is 6.27. The summed E-state index contributed by atoms with van der Waals surface area (Å²) in [5.74, 6) is -1.40. The number of hydrogen-bond acceptors (Lipinski definition) is 5. The van der Waals surface area contributed by atoms with Crippen LogP contribution in [-0.4, -0.2) is 26.9 Å². The van der Waals surface area contributed by atoms with Crippen molar-refractivity contribution in [2.45, 2.75) is 32.3 Å². The lowest BCUT2D eigenvalue weighted by atomic mass is 9.77. The van der Waals surface area contributed by atoms with E-state index in [0.717, 1.165) is 12.8 Å². The molecule has 0 spiro atoms. The Kier molecular flexibility index (Phi) is 3.21. The molecule has 24 heavy (non-hydrogen) atoms. The fourth-order valence-electron chi connectivity index (χ4n) is 3.86. The highest BCUT2D eigenvalue weighted by molar-refractivity contribution is 6.31. The van der Waals surface area contributed by atoms with Crippen LogP contribution in [0.15, 0.2) is 18.2 Å². The predicted octanol–water partition coefficient (Wildman–Crippen LogP) is 2.24. The number of hydrogen-bond donors (Lipinski definition) is 3. The molecule has 2 aliphatic carbocycles. The van der Waals surface area contributed by atoms with Crippen LogP contribution in [0, 0.1) is 0 Å². The molecule has 0 aromatic heterocycles. The normalized spacial score (nSPS) is 15.7. The van der Waals surface area contributed by atoms with Gasteiger partial charge in [0.15, 0.2) is 11.6 Å². The zero-order valence-electron chi connectivity index (χ0n) is 12.9. The minimum atomic E-state index is -0.523. The molecule has 2 aliphatic rings. The number of rotatable bonds is 1. The van der Waals surface area contributed by atoms with Crippen LogP contribution in [0.25, 0.3) is 0 Å². The summed E-state index contributed by atoms with van der Waals surface area (Å²) in [7, 11) is 0. The van der Waals surface area contributed by atoms with Gasteiger partial charge in [-0.15, -0.1) is 0 Å². The third kappa shape index (κ3) is 1.79. The van der Waals surface area contributed by atoms with E-state index in [1.807, 2.05) is 0 Å². The summed E-state index contributed by atoms with van der Waals surface area (Å²) in [6, 6.07) is 4.67. The maximum Gasteiger partial charge on any atom is 0.198 e. The molecule has 0 heterocycles. The monoisotopic (exact) mass is 324 g/mol. The third-order valence-electron chi connectivity index (χ3n) is 5.01. The molecule has 2 aromatic rings. The van der Waals surface area contributed by atoms with Crippen molar-refractivity contribution in [1.29, 1.82) is 0 Å². The summed E-state index contributed by atoms with van der Waals surface area (Å²) in [6.45, 7) is -0.380. The number of ketones is 2. The first-order valence-corrected chi connectivity index (χ1v) is 7.98. The Bertz CT molecular complexity index is 911. The first-order chi connectivity index (χ1) is 11.6. The number of phenols is 2. The first-order valence-electron chi connectivity index (χ1n) is 7.98. The van der Waals surface area contributed by atoms with Crippen LogP contribution in [-0.2, 0) is 19.4 Å². The summed E-state index contributed by atoms with van der Waals surface area (Å²) < 4.78 is 0. The Labute approximate surface area is 138 Å². The lowest BCUT2D eigenvalue weighted by Crippen LogP contribution is -2.24. The van der Waals surface area contributed by atoms with Gasteiger partial charge in [0.1, 0.15) is 11.5 Å². The number of aliphatic hydroxyl groups is 1. The topological polar surface area (TPSA) is 94.8 Å². The van der Waals surface area contributed by atoms with Gasteiger partial charge >= 0.3 is 0 Å². The molecule has 5 nitrogen and oxygen atoms in total. The van der Waals surface area contributed by atoms with Crippen LogP contribution in [0.4, 0.5) is 0 Å². The van der Waals surface area contributed by atoms with Gasteiger partial charge in [0.2, 0.25) is 0 Å². The molecule has 0 saturated carbocycles. The van der Waals surface area contributed by atoms with E-state index in [9.17, 15) is 24.9 Å². The van der Waals surface area contributed by atoms with Crippen molar-refractivity contribution < 1.29 is 24.9 Å². The van der Waals surface area contributed by atoms with Crippen molar-refractivity contribution in [2.75, 3.05) is 0 Å². The van der Waals surface area contributed by atoms with Gasteiger partial charge < -0.3 is 15.3 Å². The van der Waals surface area contributed by atoms with E-state index in [1.54, 1.807) is 12.1 Å². The number of carbonyl (C=O) groups excluding carboxylic acids is 2. The lowest BCUT2D eigenvalue weighted by Gasteiger charge is -2.26. The average molecular weight is 324 g/mol. The van der Waals surface area contributed by atoms with E-state index < -0.39 is 11.6 Å². The Hall–Kier alpha value is -2.66. The van der Waals surface area contributed by atoms with Gasteiger partial charge in [-0.3, -0.25) is 9.59 Å². The zero-order valence-corrected chi connectivity index (χ0v) is 12.9. The number of benzene rings is 2. The van der Waals surface area contributed by atoms with Gasteiger partial charge in [-0.2, -0.15) is 0 Å². The summed E-state index contributed by atoms with van der Waals surface area (Å²) in [6.07, 6.45) is 2.87. The van der Waals surface area contributed by atoms with Gasteiger partial charge in [-0.1, -0.05) is 18.2 Å². The van der Waals surface area contributed by atoms with Crippen molar-refractivity contribution in [2.24, 2.45) is 0 Å². The van der Waals surface area contributed by atoms with Gasteiger partial charge in [-0.05, 0) is 31.2 Å². The average Bonchev–Trinajstić information content (AvgIpc) is 2.62. The van der Waals surface area contributed by atoms with E-state index >= 15 is 0 Å². The van der Waals surface area contributed by atoms with Gasteiger partial charge in [0.25, 0.3) is 0 Å². The molecule has 4 rings (SSSR count). The van der Waals surface area contributed by atoms with Crippen LogP contribution < -0.4 is 0 Å². The largest absolute Gasteiger partial charge is 0.507 e. The Morgan fingerprint density at radius 1 is 0.833 bits per heavy atom. The van der Waals surface area contributed by atoms with Crippen LogP contribution in [0.2, 0.25) is 0 Å². The fourth-order valence-corrected chi connectivity index (χ4v) is 3.86. The molecule has 0 fully saturated rings. The second-order valence-corrected chi connectivity index (χ2v) is 6.27. The third-order valence-corrected chi connectivity index (χ3v) is 5.01. The van der Waals surface area contributed by atoms with Crippen molar-refractivity contribution >= 4 is 11.6 Å². The molecule has 0 saturated heterocycles. The number of aliphatic hydroxyl groups excluding tert-OH is 1. The number of aromatic hydroxyl groups is 2. The van der Waals surface area contributed by atoms with Gasteiger partial charge in [-0.25, -0.2) is 0 Å². The van der Waals surface area contributed by atoms with Crippen LogP contribution in [0.5, 0.6) is 11.5 Å². The van der Waals surface area contributed by atoms with Crippen LogP contribution in [0.3, 0.4) is 0 Å². The second kappa shape index (κ2) is 5.18. The van der Waals surface area contributed by atoms with Crippen LogP contribution >= 0.6 is 0 Å². The predicted molar refractivity (Wildman–Crippen MR) is 85.6 cm³/mol. The van der Waals surface area contributed by atoms with E-state index in [1.165, 1.54) is 6.07 Å². The summed E-state index contributed by atoms with van der Waals surface area (Å²) in [4.78, 5) is 25.8. The minimum Gasteiger partial charge on any atom is -0.507 e. The Morgan fingerprint density at radius 3 is 2.00 bits per heavy atom. The maximum absolute atomic E-state index is 13.0. The molecule has 0 radical (unpaired) electrons. The molecule has 122 valence electrons. The fraction of sp³-hybridized carbons (Fsp3) is 0.263. The van der Waals surface area contributed by atoms with Crippen molar-refractivity contribution in [3.05, 3.63) is 57.1 Å². The maximum atomic E-state index is 13.0. The quantitative estimate of drug-likeness (QED) is 0.597. The van der Waals surface area contributed by atoms with E-state index in [2.05, 4.69) is 0 Å². The highest BCUT2D eigenvalue weighted by Crippen LogP contribution is 2.45. The molecular formula is C19H16O5. The molecule has 0 aliphatic heterocycles. The van der Waals surface area contributed by atoms with E-state index in [0.29, 0.717) is 29.5 Å². The van der Waals surface area contributed by atoms with Gasteiger partial charge in [0.05, 0.1) is 17.7 Å². The van der Waals surface area contributed by atoms with E-state index in [4.69, 9.17) is 0 Å². The molecule has 3 N–H and O–H groups in total. The lowest BCUT2D eigenvalue weighted by molar-refractivity contribution is 0.0971. The van der Waals surface area contributed by atoms with Crippen LogP contribution in [0.1, 0.15) is 61.4 Å². The molecule has 0 unspecified atom stereocenters. The number of phenolic OH excluding ortho intramolecular Hbond substituents is 2. The Balaban J connectivity index is 2.08. The Morgan fingerprint density at radius 2 is 1.42 bits per heavy atom. The smallest absolute Gasteiger partial charge is 0.198 e. The molecule has 0 amide bonds. The summed E-state index contributed by atoms with van der Waals surface area (Å²) in [5, 5.41) is 30.7. The van der Waals surface area contributed by atoms with Crippen molar-refractivity contribution in [3.8, 4) is 11.5 Å². The highest BCUT2D eigenvalue weighted by Gasteiger charge is 2.38. The zero-order chi connectivity index (χ0) is 17.0. The molecule has 0 atom stereocenters. The first kappa shape index (κ1) is 14.9.